The van der Waals surface area contributed by atoms with E-state index in [1.807, 2.05) is 54.6 Å². The lowest BCUT2D eigenvalue weighted by molar-refractivity contribution is 0.593. The number of para-hydroxylation sites is 1. The first kappa shape index (κ1) is 36.8. The molecule has 0 amide bonds. The van der Waals surface area contributed by atoms with Crippen molar-refractivity contribution in [1.82, 2.24) is 19.5 Å². The molecule has 2 aromatic heterocycles. The van der Waals surface area contributed by atoms with E-state index in [4.69, 9.17) is 15.0 Å². The third kappa shape index (κ3) is 6.08. The van der Waals surface area contributed by atoms with Crippen molar-refractivity contribution in [3.8, 4) is 73.2 Å². The smallest absolute Gasteiger partial charge is 0.172 e. The normalized spacial score (nSPS) is 14.2. The number of aromatic nitrogens is 4. The van der Waals surface area contributed by atoms with Crippen LogP contribution in [0.25, 0.3) is 95.0 Å². The third-order valence-electron chi connectivity index (χ3n) is 12.3. The summed E-state index contributed by atoms with van der Waals surface area (Å²) in [6.07, 6.45) is 0. The molecule has 0 saturated carbocycles. The van der Waals surface area contributed by atoms with Gasteiger partial charge < -0.3 is 9.13 Å². The highest BCUT2D eigenvalue weighted by molar-refractivity contribution is 7.86. The highest BCUT2D eigenvalue weighted by Crippen LogP contribution is 2.54. The minimum Gasteiger partial charge on any atom is -0.309 e. The van der Waals surface area contributed by atoms with E-state index in [1.54, 1.807) is 0 Å². The maximum atomic E-state index is 15.6. The van der Waals surface area contributed by atoms with Crippen molar-refractivity contribution in [2.24, 2.45) is 0 Å². The van der Waals surface area contributed by atoms with E-state index in [-0.39, 0.29) is 0 Å². The summed E-state index contributed by atoms with van der Waals surface area (Å²) in [5, 5.41) is 4.87. The van der Waals surface area contributed by atoms with Crippen LogP contribution in [-0.4, -0.2) is 19.5 Å². The zero-order chi connectivity index (χ0) is 41.9. The van der Waals surface area contributed by atoms with Crippen molar-refractivity contribution in [3.05, 3.63) is 224 Å². The van der Waals surface area contributed by atoms with Gasteiger partial charge in [0, 0.05) is 54.6 Å². The summed E-state index contributed by atoms with van der Waals surface area (Å²) >= 11 is 0. The fourth-order valence-corrected chi connectivity index (χ4v) is 12.3. The highest BCUT2D eigenvalue weighted by Gasteiger charge is 2.41. The van der Waals surface area contributed by atoms with Crippen LogP contribution in [0.15, 0.2) is 224 Å². The molecule has 0 spiro atoms. The molecule has 0 fully saturated rings. The molecule has 9 aromatic carbocycles. The molecular weight excluding hydrogens is 788 g/mol. The summed E-state index contributed by atoms with van der Waals surface area (Å²) in [5.41, 5.74) is 12.4. The fourth-order valence-electron chi connectivity index (χ4n) is 9.26. The van der Waals surface area contributed by atoms with Gasteiger partial charge >= 0.3 is 0 Å². The molecule has 1 aliphatic rings. The SMILES string of the molecule is O=P1(c2ccccc2)c2ccccc2-c2c1ccc1c3ccccc3n(-c3ccc(-c4nc(-c5ccc(-c6ccccc6)cc5)nc(-c5ccc(-c6ccccc6)cc5)n4)cc3)c21. The molecule has 1 aliphatic heterocycles. The monoisotopic (exact) mass is 824 g/mol. The fraction of sp³-hybridized carbons (Fsp3) is 0. The molecule has 296 valence electrons. The molecule has 3 heterocycles. The number of benzene rings is 9. The second-order valence-electron chi connectivity index (χ2n) is 15.9. The Balaban J connectivity index is 1.00. The quantitative estimate of drug-likeness (QED) is 0.150. The van der Waals surface area contributed by atoms with Crippen LogP contribution in [0, 0.1) is 0 Å². The van der Waals surface area contributed by atoms with Crippen molar-refractivity contribution < 1.29 is 4.57 Å². The molecule has 5 nitrogen and oxygen atoms in total. The second kappa shape index (κ2) is 14.9. The lowest BCUT2D eigenvalue weighted by Gasteiger charge is -2.16. The van der Waals surface area contributed by atoms with Crippen molar-refractivity contribution in [2.45, 2.75) is 0 Å². The van der Waals surface area contributed by atoms with E-state index in [2.05, 4.69) is 174 Å². The van der Waals surface area contributed by atoms with Crippen molar-refractivity contribution in [2.75, 3.05) is 0 Å². The topological polar surface area (TPSA) is 60.7 Å². The van der Waals surface area contributed by atoms with Crippen LogP contribution in [0.2, 0.25) is 0 Å². The molecule has 0 saturated heterocycles. The Morgan fingerprint density at radius 2 is 0.794 bits per heavy atom. The summed E-state index contributed by atoms with van der Waals surface area (Å²) < 4.78 is 17.9. The van der Waals surface area contributed by atoms with E-state index >= 15 is 4.57 Å². The maximum Gasteiger partial charge on any atom is 0.172 e. The molecule has 63 heavy (non-hydrogen) atoms. The van der Waals surface area contributed by atoms with Gasteiger partial charge in [0.1, 0.15) is 0 Å². The van der Waals surface area contributed by atoms with Crippen LogP contribution >= 0.6 is 7.14 Å². The lowest BCUT2D eigenvalue weighted by Crippen LogP contribution is -2.20. The van der Waals surface area contributed by atoms with E-state index in [1.165, 1.54) is 0 Å². The van der Waals surface area contributed by atoms with Gasteiger partial charge in [0.2, 0.25) is 0 Å². The molecule has 0 bridgehead atoms. The Bertz CT molecular complexity index is 3450. The summed E-state index contributed by atoms with van der Waals surface area (Å²) in [5.74, 6) is 1.79. The largest absolute Gasteiger partial charge is 0.309 e. The van der Waals surface area contributed by atoms with Crippen LogP contribution in [0.3, 0.4) is 0 Å². The van der Waals surface area contributed by atoms with Crippen molar-refractivity contribution in [3.63, 3.8) is 0 Å². The van der Waals surface area contributed by atoms with E-state index in [0.29, 0.717) is 17.5 Å². The Kier molecular flexibility index (Phi) is 8.70. The standard InChI is InChI=1S/C57H37N4OP/c62-63(46-18-8-3-9-19-46)51-23-13-11-21-49(51)53-52(63)37-36-48-47-20-10-12-22-50(47)61(54(48)53)45-34-32-44(33-35-45)57-59-55(42-28-24-40(25-29-42)38-14-4-1-5-15-38)58-56(60-57)43-30-26-41(27-31-43)39-16-6-2-7-17-39/h1-37H. The first-order valence-electron chi connectivity index (χ1n) is 21.1. The van der Waals surface area contributed by atoms with Crippen LogP contribution < -0.4 is 15.9 Å². The number of hydrogen-bond donors (Lipinski definition) is 0. The summed E-state index contributed by atoms with van der Waals surface area (Å²) in [7, 11) is -3.14. The Morgan fingerprint density at radius 1 is 0.349 bits per heavy atom. The van der Waals surface area contributed by atoms with E-state index in [9.17, 15) is 0 Å². The van der Waals surface area contributed by atoms with Gasteiger partial charge in [-0.2, -0.15) is 0 Å². The molecule has 0 radical (unpaired) electrons. The van der Waals surface area contributed by atoms with Gasteiger partial charge in [0.15, 0.2) is 24.6 Å². The van der Waals surface area contributed by atoms with Crippen LogP contribution in [0.1, 0.15) is 0 Å². The van der Waals surface area contributed by atoms with Gasteiger partial charge in [-0.1, -0.05) is 188 Å². The van der Waals surface area contributed by atoms with Crippen LogP contribution in [0.4, 0.5) is 0 Å². The van der Waals surface area contributed by atoms with Gasteiger partial charge in [-0.3, -0.25) is 0 Å². The summed E-state index contributed by atoms with van der Waals surface area (Å²) in [4.78, 5) is 15.3. The van der Waals surface area contributed by atoms with Gasteiger partial charge in [0.25, 0.3) is 0 Å². The summed E-state index contributed by atoms with van der Waals surface area (Å²) in [6, 6.07) is 77.0. The molecule has 12 rings (SSSR count). The maximum absolute atomic E-state index is 15.6. The number of hydrogen-bond acceptors (Lipinski definition) is 4. The molecule has 1 unspecified atom stereocenters. The molecule has 11 aromatic rings. The molecule has 0 aliphatic carbocycles. The Hall–Kier alpha value is -7.98. The number of rotatable bonds is 7. The highest BCUT2D eigenvalue weighted by atomic mass is 31.2. The Labute approximate surface area is 365 Å². The zero-order valence-corrected chi connectivity index (χ0v) is 34.9. The minimum absolute atomic E-state index is 0.585. The average molecular weight is 825 g/mol. The molecule has 0 N–H and O–H groups in total. The summed E-state index contributed by atoms with van der Waals surface area (Å²) in [6.45, 7) is 0. The van der Waals surface area contributed by atoms with Crippen LogP contribution in [0.5, 0.6) is 0 Å². The minimum atomic E-state index is -3.14. The second-order valence-corrected chi connectivity index (χ2v) is 18.6. The van der Waals surface area contributed by atoms with Gasteiger partial charge in [0.05, 0.1) is 11.0 Å². The van der Waals surface area contributed by atoms with Gasteiger partial charge in [-0.25, -0.2) is 15.0 Å². The van der Waals surface area contributed by atoms with Crippen LogP contribution in [-0.2, 0) is 4.57 Å². The number of nitrogens with zero attached hydrogens (tertiary/aromatic N) is 4. The predicted octanol–water partition coefficient (Wildman–Crippen LogP) is 12.9. The van der Waals surface area contributed by atoms with E-state index in [0.717, 1.165) is 93.5 Å². The van der Waals surface area contributed by atoms with Gasteiger partial charge in [-0.15, -0.1) is 0 Å². The van der Waals surface area contributed by atoms with Crippen molar-refractivity contribution >= 4 is 44.9 Å². The zero-order valence-electron chi connectivity index (χ0n) is 34.0. The third-order valence-corrected chi connectivity index (χ3v) is 15.5. The molecule has 1 atom stereocenters. The molecule has 6 heteroatoms. The molecular formula is C57H37N4OP. The first-order valence-corrected chi connectivity index (χ1v) is 22.8. The average Bonchev–Trinajstić information content (AvgIpc) is 3.84. The van der Waals surface area contributed by atoms with Gasteiger partial charge in [-0.05, 0) is 64.2 Å². The van der Waals surface area contributed by atoms with E-state index < -0.39 is 7.14 Å². The Morgan fingerprint density at radius 3 is 1.37 bits per heavy atom. The number of fused-ring (bicyclic) bond motifs is 7. The van der Waals surface area contributed by atoms with Crippen molar-refractivity contribution in [1.29, 1.82) is 0 Å². The first-order chi connectivity index (χ1) is 31.1. The lowest BCUT2D eigenvalue weighted by atomic mass is 10.0. The predicted molar refractivity (Wildman–Crippen MR) is 260 cm³/mol.